The first-order valence-corrected chi connectivity index (χ1v) is 12.7. The summed E-state index contributed by atoms with van der Waals surface area (Å²) in [5, 5.41) is 0.427. The van der Waals surface area contributed by atoms with E-state index in [1.54, 1.807) is 60.8 Å². The first-order valence-electron chi connectivity index (χ1n) is 10.8. The average molecular weight is 489 g/mol. The van der Waals surface area contributed by atoms with Gasteiger partial charge in [-0.2, -0.15) is 0 Å². The molecule has 2 heterocycles. The van der Waals surface area contributed by atoms with E-state index < -0.39 is 10.0 Å². The van der Waals surface area contributed by atoms with E-state index in [0.29, 0.717) is 39.2 Å². The smallest absolute Gasteiger partial charge is 0.229 e. The zero-order valence-electron chi connectivity index (χ0n) is 19.7. The maximum Gasteiger partial charge on any atom is 0.229 e. The predicted molar refractivity (Wildman–Crippen MR) is 137 cm³/mol. The molecular weight excluding hydrogens is 464 g/mol. The number of nitrogens with zero attached hydrogens (tertiary/aromatic N) is 1. The van der Waals surface area contributed by atoms with Crippen molar-refractivity contribution in [2.75, 3.05) is 11.0 Å². The number of rotatable bonds is 4. The molecule has 1 N–H and O–H groups in total. The van der Waals surface area contributed by atoms with Crippen LogP contribution in [0.15, 0.2) is 76.3 Å². The topological polar surface area (TPSA) is 98.5 Å². The first kappa shape index (κ1) is 24.0. The lowest BCUT2D eigenvalue weighted by Gasteiger charge is -2.20. The number of ether oxygens (including phenoxy) is 1. The average Bonchev–Trinajstić information content (AvgIpc) is 2.77. The minimum Gasteiger partial charge on any atom is -0.472 e. The first-order chi connectivity index (χ1) is 16.5. The lowest BCUT2D eigenvalue weighted by atomic mass is 10.0. The van der Waals surface area contributed by atoms with Crippen LogP contribution in [0, 0.1) is 11.8 Å². The molecule has 0 aliphatic heterocycles. The molecule has 0 atom stereocenters. The Morgan fingerprint density at radius 1 is 0.971 bits per heavy atom. The quantitative estimate of drug-likeness (QED) is 0.414. The predicted octanol–water partition coefficient (Wildman–Crippen LogP) is 4.80. The van der Waals surface area contributed by atoms with Crippen LogP contribution in [0.4, 0.5) is 5.69 Å². The number of sulfonamides is 1. The van der Waals surface area contributed by atoms with Gasteiger partial charge in [-0.25, -0.2) is 13.4 Å². The van der Waals surface area contributed by atoms with E-state index in [0.717, 1.165) is 11.8 Å². The molecule has 2 aromatic heterocycles. The van der Waals surface area contributed by atoms with Gasteiger partial charge in [-0.15, -0.1) is 0 Å². The highest BCUT2D eigenvalue weighted by Gasteiger charge is 2.13. The number of nitrogens with one attached hydrogen (secondary N) is 1. The SMILES string of the molecule is CC(C)(C)Oc1cc(C#Cc2ccc3c(=O)c(-c4ccc(NS(C)(=O)=O)cc4)coc3c2)ccn1. The molecule has 8 heteroatoms. The Hall–Kier alpha value is -4.09. The van der Waals surface area contributed by atoms with E-state index >= 15 is 0 Å². The summed E-state index contributed by atoms with van der Waals surface area (Å²) in [5.41, 5.74) is 2.74. The van der Waals surface area contributed by atoms with Gasteiger partial charge in [0.2, 0.25) is 15.9 Å². The van der Waals surface area contributed by atoms with Crippen molar-refractivity contribution >= 4 is 26.7 Å². The van der Waals surface area contributed by atoms with Crippen molar-refractivity contribution in [2.45, 2.75) is 26.4 Å². The van der Waals surface area contributed by atoms with Gasteiger partial charge in [-0.3, -0.25) is 9.52 Å². The lowest BCUT2D eigenvalue weighted by molar-refractivity contribution is 0.124. The molecule has 35 heavy (non-hydrogen) atoms. The molecule has 7 nitrogen and oxygen atoms in total. The second kappa shape index (κ2) is 9.28. The van der Waals surface area contributed by atoms with Gasteiger partial charge in [0.05, 0.1) is 17.2 Å². The zero-order valence-corrected chi connectivity index (χ0v) is 20.6. The van der Waals surface area contributed by atoms with Crippen molar-refractivity contribution < 1.29 is 17.6 Å². The normalized spacial score (nSPS) is 11.5. The van der Waals surface area contributed by atoms with Gasteiger partial charge in [0.15, 0.2) is 5.43 Å². The van der Waals surface area contributed by atoms with Crippen molar-refractivity contribution in [3.05, 3.63) is 88.4 Å². The number of fused-ring (bicyclic) bond motifs is 1. The van der Waals surface area contributed by atoms with Gasteiger partial charge in [0.1, 0.15) is 17.4 Å². The Morgan fingerprint density at radius 3 is 2.31 bits per heavy atom. The minimum atomic E-state index is -3.38. The summed E-state index contributed by atoms with van der Waals surface area (Å²) >= 11 is 0. The number of hydrogen-bond donors (Lipinski definition) is 1. The van der Waals surface area contributed by atoms with E-state index in [1.807, 2.05) is 20.8 Å². The van der Waals surface area contributed by atoms with Crippen LogP contribution >= 0.6 is 0 Å². The fraction of sp³-hybridized carbons (Fsp3) is 0.185. The third-order valence-electron chi connectivity index (χ3n) is 4.77. The molecule has 0 unspecified atom stereocenters. The van der Waals surface area contributed by atoms with Gasteiger partial charge in [-0.05, 0) is 62.7 Å². The molecule has 0 spiro atoms. The van der Waals surface area contributed by atoms with E-state index in [4.69, 9.17) is 9.15 Å². The molecule has 0 radical (unpaired) electrons. The second-order valence-electron chi connectivity index (χ2n) is 8.99. The molecular formula is C27H24N2O5S. The van der Waals surface area contributed by atoms with Crippen LogP contribution in [0.25, 0.3) is 22.1 Å². The highest BCUT2D eigenvalue weighted by molar-refractivity contribution is 7.92. The lowest BCUT2D eigenvalue weighted by Crippen LogP contribution is -2.23. The highest BCUT2D eigenvalue weighted by Crippen LogP contribution is 2.23. The molecule has 0 amide bonds. The molecule has 0 saturated carbocycles. The Balaban J connectivity index is 1.60. The summed E-state index contributed by atoms with van der Waals surface area (Å²) in [5.74, 6) is 6.67. The van der Waals surface area contributed by atoms with Crippen molar-refractivity contribution in [2.24, 2.45) is 0 Å². The van der Waals surface area contributed by atoms with E-state index in [1.165, 1.54) is 6.26 Å². The van der Waals surface area contributed by atoms with Gasteiger partial charge in [0, 0.05) is 29.1 Å². The van der Waals surface area contributed by atoms with Crippen LogP contribution in [0.1, 0.15) is 31.9 Å². The molecule has 178 valence electrons. The van der Waals surface area contributed by atoms with Crippen LogP contribution in [0.2, 0.25) is 0 Å². The number of pyridine rings is 1. The van der Waals surface area contributed by atoms with E-state index in [-0.39, 0.29) is 11.0 Å². The summed E-state index contributed by atoms with van der Waals surface area (Å²) < 4.78 is 36.7. The van der Waals surface area contributed by atoms with E-state index in [9.17, 15) is 13.2 Å². The fourth-order valence-corrected chi connectivity index (χ4v) is 3.90. The van der Waals surface area contributed by atoms with Gasteiger partial charge >= 0.3 is 0 Å². The maximum atomic E-state index is 13.1. The maximum absolute atomic E-state index is 13.1. The molecule has 4 rings (SSSR count). The third kappa shape index (κ3) is 6.28. The standard InChI is InChI=1S/C27H24N2O5S/c1-27(2,3)34-25-16-19(13-14-28-25)6-5-18-7-12-22-24(15-18)33-17-23(26(22)30)20-8-10-21(11-9-20)29-35(4,31)32/h7-17,29H,1-4H3. The molecule has 0 bridgehead atoms. The summed E-state index contributed by atoms with van der Waals surface area (Å²) in [6.45, 7) is 5.85. The molecule has 0 saturated heterocycles. The largest absolute Gasteiger partial charge is 0.472 e. The number of benzene rings is 2. The highest BCUT2D eigenvalue weighted by atomic mass is 32.2. The van der Waals surface area contributed by atoms with Crippen LogP contribution in [0.3, 0.4) is 0 Å². The Morgan fingerprint density at radius 2 is 1.66 bits per heavy atom. The van der Waals surface area contributed by atoms with Crippen molar-refractivity contribution in [3.8, 4) is 28.8 Å². The molecule has 0 aliphatic rings. The fourth-order valence-electron chi connectivity index (χ4n) is 3.34. The van der Waals surface area contributed by atoms with Crippen molar-refractivity contribution in [3.63, 3.8) is 0 Å². The van der Waals surface area contributed by atoms with Crippen molar-refractivity contribution in [1.82, 2.24) is 4.98 Å². The summed E-state index contributed by atoms with van der Waals surface area (Å²) in [4.78, 5) is 17.3. The van der Waals surface area contributed by atoms with Crippen LogP contribution < -0.4 is 14.9 Å². The molecule has 0 aliphatic carbocycles. The minimum absolute atomic E-state index is 0.187. The molecule has 4 aromatic rings. The van der Waals surface area contributed by atoms with E-state index in [2.05, 4.69) is 21.5 Å². The summed E-state index contributed by atoms with van der Waals surface area (Å²) in [6.07, 6.45) is 4.13. The Kier molecular flexibility index (Phi) is 6.37. The van der Waals surface area contributed by atoms with Gasteiger partial charge in [-0.1, -0.05) is 24.0 Å². The zero-order chi connectivity index (χ0) is 25.2. The number of anilines is 1. The number of hydrogen-bond acceptors (Lipinski definition) is 6. The van der Waals surface area contributed by atoms with Gasteiger partial charge < -0.3 is 9.15 Å². The monoisotopic (exact) mass is 488 g/mol. The molecule has 2 aromatic carbocycles. The van der Waals surface area contributed by atoms with Gasteiger partial charge in [0.25, 0.3) is 0 Å². The second-order valence-corrected chi connectivity index (χ2v) is 10.7. The third-order valence-corrected chi connectivity index (χ3v) is 5.38. The Labute approximate surface area is 203 Å². The van der Waals surface area contributed by atoms with Crippen molar-refractivity contribution in [1.29, 1.82) is 0 Å². The Bertz CT molecular complexity index is 1620. The van der Waals surface area contributed by atoms with Crippen LogP contribution in [0.5, 0.6) is 5.88 Å². The summed E-state index contributed by atoms with van der Waals surface area (Å²) in [6, 6.07) is 15.3. The number of aromatic nitrogens is 1. The van der Waals surface area contributed by atoms with Crippen LogP contribution in [-0.4, -0.2) is 25.3 Å². The molecule has 0 fully saturated rings. The summed E-state index contributed by atoms with van der Waals surface area (Å²) in [7, 11) is -3.38. The van der Waals surface area contributed by atoms with Crippen LogP contribution in [-0.2, 0) is 10.0 Å².